The van der Waals surface area contributed by atoms with E-state index in [4.69, 9.17) is 0 Å². The lowest BCUT2D eigenvalue weighted by Gasteiger charge is -2.24. The van der Waals surface area contributed by atoms with Crippen LogP contribution < -0.4 is 0 Å². The van der Waals surface area contributed by atoms with Gasteiger partial charge >= 0.3 is 0 Å². The van der Waals surface area contributed by atoms with Gasteiger partial charge in [0.05, 0.1) is 23.6 Å². The lowest BCUT2D eigenvalue weighted by Crippen LogP contribution is -2.36. The number of rotatable bonds is 6. The molecule has 0 spiro atoms. The van der Waals surface area contributed by atoms with E-state index in [1.54, 1.807) is 40.6 Å². The highest BCUT2D eigenvalue weighted by atomic mass is 32.2. The van der Waals surface area contributed by atoms with Gasteiger partial charge in [0.15, 0.2) is 0 Å². The Hall–Kier alpha value is -3.90. The van der Waals surface area contributed by atoms with E-state index in [2.05, 4.69) is 39.5 Å². The summed E-state index contributed by atoms with van der Waals surface area (Å²) in [6.45, 7) is 3.55. The third-order valence-corrected chi connectivity index (χ3v) is 9.82. The summed E-state index contributed by atoms with van der Waals surface area (Å²) >= 11 is 0. The summed E-state index contributed by atoms with van der Waals surface area (Å²) in [7, 11) is -2.17. The predicted molar refractivity (Wildman–Crippen MR) is 136 cm³/mol. The molecule has 3 atom stereocenters. The van der Waals surface area contributed by atoms with Crippen molar-refractivity contribution in [3.8, 4) is 5.69 Å². The zero-order chi connectivity index (χ0) is 26.2. The van der Waals surface area contributed by atoms with Crippen molar-refractivity contribution in [3.05, 3.63) is 84.2 Å². The number of aryl methyl sites for hydroxylation is 2. The van der Waals surface area contributed by atoms with Crippen molar-refractivity contribution in [2.45, 2.75) is 23.9 Å². The maximum atomic E-state index is 13.5. The highest BCUT2D eigenvalue weighted by Crippen LogP contribution is 2.66. The van der Waals surface area contributed by atoms with Crippen LogP contribution in [-0.4, -0.2) is 60.4 Å². The van der Waals surface area contributed by atoms with Gasteiger partial charge in [-0.2, -0.15) is 24.4 Å². The first-order valence-corrected chi connectivity index (χ1v) is 13.8. The molecule has 3 aromatic heterocycles. The fourth-order valence-electron chi connectivity index (χ4n) is 6.32. The van der Waals surface area contributed by atoms with Crippen LogP contribution in [-0.2, 0) is 29.0 Å². The Morgan fingerprint density at radius 2 is 1.92 bits per heavy atom. The summed E-state index contributed by atoms with van der Waals surface area (Å²) in [5.74, 6) is 0.0773. The number of halogens is 1. The van der Waals surface area contributed by atoms with E-state index in [9.17, 15) is 12.8 Å². The summed E-state index contributed by atoms with van der Waals surface area (Å²) in [5.41, 5.74) is 3.53. The fourth-order valence-corrected chi connectivity index (χ4v) is 7.73. The fraction of sp³-hybridized carbons (Fsp3) is 0.308. The Morgan fingerprint density at radius 3 is 2.63 bits per heavy atom. The van der Waals surface area contributed by atoms with Crippen LogP contribution in [0.3, 0.4) is 0 Å². The number of sulfonamides is 1. The van der Waals surface area contributed by atoms with E-state index in [1.807, 2.05) is 16.9 Å². The number of piperidine rings is 1. The first-order chi connectivity index (χ1) is 18.3. The molecule has 2 aliphatic rings. The first kappa shape index (κ1) is 23.2. The second-order valence-corrected chi connectivity index (χ2v) is 12.1. The molecular formula is C26H25FN8O2S. The van der Waals surface area contributed by atoms with Crippen molar-refractivity contribution in [1.29, 1.82) is 0 Å². The normalized spacial score (nSPS) is 23.2. The molecule has 194 valence electrons. The van der Waals surface area contributed by atoms with Gasteiger partial charge < -0.3 is 0 Å². The Morgan fingerprint density at radius 1 is 1.11 bits per heavy atom. The summed E-state index contributed by atoms with van der Waals surface area (Å²) in [5, 5.41) is 17.9. The molecule has 5 aromatic rings. The maximum Gasteiger partial charge on any atom is 0.264 e. The number of fused-ring (bicyclic) bond motifs is 2. The van der Waals surface area contributed by atoms with E-state index in [1.165, 1.54) is 23.1 Å². The molecule has 38 heavy (non-hydrogen) atoms. The molecule has 0 amide bonds. The largest absolute Gasteiger partial charge is 0.272 e. The second-order valence-electron chi connectivity index (χ2n) is 10.2. The van der Waals surface area contributed by atoms with Crippen LogP contribution in [0, 0.1) is 24.6 Å². The standard InChI is InChI=1S/C26H25FN8O2S/c1-17-10-24-18(12-30-35(24)20-6-4-19(27)5-7-20)11-21(17)26-16-34(38(36,37)25-13-29-32(2)31-25)15-23(26)22(26)14-33-9-3-8-28-33/h3-13,22-23H,14-16H2,1-2H3/t22-,23-,26-/m0/s1. The van der Waals surface area contributed by atoms with Crippen LogP contribution in [0.5, 0.6) is 0 Å². The number of hydrogen-bond acceptors (Lipinski definition) is 6. The Bertz CT molecular complexity index is 1780. The molecule has 2 fully saturated rings. The van der Waals surface area contributed by atoms with Gasteiger partial charge in [0.25, 0.3) is 10.0 Å². The predicted octanol–water partition coefficient (Wildman–Crippen LogP) is 2.69. The lowest BCUT2D eigenvalue weighted by molar-refractivity contribution is 0.370. The van der Waals surface area contributed by atoms with E-state index >= 15 is 0 Å². The van der Waals surface area contributed by atoms with Crippen molar-refractivity contribution in [3.63, 3.8) is 0 Å². The van der Waals surface area contributed by atoms with Crippen molar-refractivity contribution < 1.29 is 12.8 Å². The molecule has 10 nitrogen and oxygen atoms in total. The minimum absolute atomic E-state index is 0.0344. The summed E-state index contributed by atoms with van der Waals surface area (Å²) in [6.07, 6.45) is 6.81. The van der Waals surface area contributed by atoms with Crippen LogP contribution in [0.25, 0.3) is 16.6 Å². The van der Waals surface area contributed by atoms with Crippen LogP contribution >= 0.6 is 0 Å². The van der Waals surface area contributed by atoms with E-state index < -0.39 is 10.0 Å². The molecule has 2 aromatic carbocycles. The number of nitrogens with zero attached hydrogens (tertiary/aromatic N) is 8. The number of hydrogen-bond donors (Lipinski definition) is 0. The quantitative estimate of drug-likeness (QED) is 0.333. The van der Waals surface area contributed by atoms with Gasteiger partial charge in [0, 0.05) is 49.9 Å². The van der Waals surface area contributed by atoms with Gasteiger partial charge in [-0.25, -0.2) is 17.5 Å². The van der Waals surface area contributed by atoms with Gasteiger partial charge in [-0.1, -0.05) is 0 Å². The zero-order valence-electron chi connectivity index (χ0n) is 20.8. The first-order valence-electron chi connectivity index (χ1n) is 12.4. The minimum Gasteiger partial charge on any atom is -0.272 e. The summed E-state index contributed by atoms with van der Waals surface area (Å²) in [4.78, 5) is 1.26. The van der Waals surface area contributed by atoms with Gasteiger partial charge in [-0.3, -0.25) is 4.68 Å². The van der Waals surface area contributed by atoms with E-state index in [0.29, 0.717) is 19.6 Å². The van der Waals surface area contributed by atoms with Crippen molar-refractivity contribution in [2.24, 2.45) is 18.9 Å². The third-order valence-electron chi connectivity index (χ3n) is 8.15. The van der Waals surface area contributed by atoms with Crippen LogP contribution in [0.2, 0.25) is 0 Å². The number of benzene rings is 2. The van der Waals surface area contributed by atoms with Crippen LogP contribution in [0.1, 0.15) is 11.1 Å². The molecule has 0 unspecified atom stereocenters. The second kappa shape index (κ2) is 8.05. The molecule has 1 saturated carbocycles. The Labute approximate surface area is 218 Å². The molecule has 0 radical (unpaired) electrons. The van der Waals surface area contributed by atoms with Crippen molar-refractivity contribution in [2.75, 3.05) is 13.1 Å². The highest BCUT2D eigenvalue weighted by molar-refractivity contribution is 7.89. The Kier molecular flexibility index (Phi) is 4.92. The number of aromatic nitrogens is 7. The lowest BCUT2D eigenvalue weighted by atomic mass is 9.88. The average molecular weight is 533 g/mol. The van der Waals surface area contributed by atoms with Gasteiger partial charge in [-0.05, 0) is 72.4 Å². The smallest absolute Gasteiger partial charge is 0.264 e. The van der Waals surface area contributed by atoms with Gasteiger partial charge in [0.1, 0.15) is 5.82 Å². The maximum absolute atomic E-state index is 13.5. The van der Waals surface area contributed by atoms with E-state index in [-0.39, 0.29) is 28.1 Å². The average Bonchev–Trinajstić information content (AvgIpc) is 3.54. The topological polar surface area (TPSA) is 104 Å². The summed E-state index contributed by atoms with van der Waals surface area (Å²) in [6, 6.07) is 12.4. The molecule has 1 saturated heterocycles. The molecule has 12 heteroatoms. The molecular weight excluding hydrogens is 507 g/mol. The van der Waals surface area contributed by atoms with Crippen LogP contribution in [0.15, 0.2) is 72.3 Å². The molecule has 4 heterocycles. The molecule has 1 aliphatic heterocycles. The molecule has 0 N–H and O–H groups in total. The highest BCUT2D eigenvalue weighted by Gasteiger charge is 2.71. The van der Waals surface area contributed by atoms with Crippen LogP contribution in [0.4, 0.5) is 4.39 Å². The molecule has 7 rings (SSSR count). The minimum atomic E-state index is -3.77. The SMILES string of the molecule is Cc1cc2c(cnn2-c2ccc(F)cc2)cc1[C@]12CN(S(=O)(=O)c3cnn(C)n3)C[C@H]1[C@@H]2Cn1cccn1. The Balaban J connectivity index is 1.30. The van der Waals surface area contributed by atoms with Gasteiger partial charge in [-0.15, -0.1) is 5.10 Å². The zero-order valence-corrected chi connectivity index (χ0v) is 21.6. The monoisotopic (exact) mass is 532 g/mol. The van der Waals surface area contributed by atoms with E-state index in [0.717, 1.165) is 27.7 Å². The third kappa shape index (κ3) is 3.36. The molecule has 1 aliphatic carbocycles. The van der Waals surface area contributed by atoms with Crippen molar-refractivity contribution >= 4 is 20.9 Å². The summed E-state index contributed by atoms with van der Waals surface area (Å²) < 4.78 is 45.6. The molecule has 0 bridgehead atoms. The van der Waals surface area contributed by atoms with Crippen molar-refractivity contribution in [1.82, 2.24) is 38.9 Å². The van der Waals surface area contributed by atoms with Gasteiger partial charge in [0.2, 0.25) is 5.03 Å².